The highest BCUT2D eigenvalue weighted by Crippen LogP contribution is 2.38. The molecule has 0 saturated heterocycles. The van der Waals surface area contributed by atoms with Crippen molar-refractivity contribution >= 4 is 53.1 Å². The van der Waals surface area contributed by atoms with Crippen LogP contribution in [-0.2, 0) is 6.42 Å². The Hall–Kier alpha value is -3.60. The fourth-order valence-corrected chi connectivity index (χ4v) is 6.10. The number of unbranched alkanes of at least 4 members (excludes halogenated alkanes) is 3. The average Bonchev–Trinajstić information content (AvgIpc) is 3.23. The second-order valence-corrected chi connectivity index (χ2v) is 10.5. The van der Waals surface area contributed by atoms with Crippen LogP contribution in [0.2, 0.25) is 0 Å². The van der Waals surface area contributed by atoms with Crippen LogP contribution in [0.15, 0.2) is 91.0 Å². The van der Waals surface area contributed by atoms with Gasteiger partial charge in [-0.1, -0.05) is 80.5 Å². The topological polar surface area (TPSA) is 0 Å². The van der Waals surface area contributed by atoms with Gasteiger partial charge in [0.05, 0.1) is 0 Å². The van der Waals surface area contributed by atoms with Gasteiger partial charge in [0, 0.05) is 31.3 Å². The van der Waals surface area contributed by atoms with Crippen molar-refractivity contribution in [2.75, 3.05) is 0 Å². The second-order valence-electron chi connectivity index (χ2n) is 9.47. The van der Waals surface area contributed by atoms with E-state index in [0.717, 1.165) is 11.1 Å². The molecule has 0 saturated carbocycles. The van der Waals surface area contributed by atoms with Crippen molar-refractivity contribution in [2.45, 2.75) is 39.0 Å². The summed E-state index contributed by atoms with van der Waals surface area (Å²) in [5.74, 6) is 6.74. The highest BCUT2D eigenvalue weighted by Gasteiger charge is 2.08. The molecule has 0 spiro atoms. The maximum atomic E-state index is 3.38. The summed E-state index contributed by atoms with van der Waals surface area (Å²) < 4.78 is 2.69. The first-order chi connectivity index (χ1) is 17.3. The van der Waals surface area contributed by atoms with Gasteiger partial charge in [0.15, 0.2) is 0 Å². The van der Waals surface area contributed by atoms with E-state index in [1.807, 2.05) is 11.3 Å². The molecule has 0 aliphatic rings. The van der Waals surface area contributed by atoms with Crippen molar-refractivity contribution in [2.24, 2.45) is 0 Å². The minimum atomic E-state index is 1.06. The number of rotatable bonds is 5. The lowest BCUT2D eigenvalue weighted by Crippen LogP contribution is -1.86. The summed E-state index contributed by atoms with van der Waals surface area (Å²) in [6.45, 7) is 2.26. The number of aryl methyl sites for hydroxylation is 1. The molecule has 0 aliphatic carbocycles. The van der Waals surface area contributed by atoms with E-state index < -0.39 is 0 Å². The first-order valence-corrected chi connectivity index (χ1v) is 13.5. The molecule has 0 aliphatic heterocycles. The summed E-state index contributed by atoms with van der Waals surface area (Å²) in [7, 11) is 0. The van der Waals surface area contributed by atoms with Crippen LogP contribution in [0.4, 0.5) is 0 Å². The Balaban J connectivity index is 1.28. The molecule has 0 bridgehead atoms. The maximum Gasteiger partial charge on any atom is 0.0361 e. The lowest BCUT2D eigenvalue weighted by molar-refractivity contribution is 0.667. The van der Waals surface area contributed by atoms with E-state index in [2.05, 4.69) is 110 Å². The van der Waals surface area contributed by atoms with Crippen molar-refractivity contribution < 1.29 is 0 Å². The average molecular weight is 469 g/mol. The molecule has 1 heteroatoms. The standard InChI is InChI=1S/C34H28S/c1-2-3-4-5-8-24-11-13-25(14-12-24)15-16-26-17-18-29-21-32-31-20-27-9-6-7-10-28(27)22-33(31)35-34(32)23-30(29)19-26/h6-7,9-14,17-23H,2-5,8H2,1H3. The molecule has 5 aromatic carbocycles. The van der Waals surface area contributed by atoms with Gasteiger partial charge in [-0.3, -0.25) is 0 Å². The predicted molar refractivity (Wildman–Crippen MR) is 155 cm³/mol. The van der Waals surface area contributed by atoms with Crippen LogP contribution in [0.25, 0.3) is 41.7 Å². The number of fused-ring (bicyclic) bond motifs is 5. The van der Waals surface area contributed by atoms with Gasteiger partial charge in [0.1, 0.15) is 0 Å². The maximum absolute atomic E-state index is 3.38. The molecular weight excluding hydrogens is 440 g/mol. The van der Waals surface area contributed by atoms with Crippen LogP contribution in [0, 0.1) is 11.8 Å². The Morgan fingerprint density at radius 2 is 1.20 bits per heavy atom. The third-order valence-corrected chi connectivity index (χ3v) is 8.04. The summed E-state index contributed by atoms with van der Waals surface area (Å²) in [4.78, 5) is 0. The monoisotopic (exact) mass is 468 g/mol. The molecule has 1 aromatic heterocycles. The Bertz CT molecular complexity index is 1720. The van der Waals surface area contributed by atoms with E-state index in [9.17, 15) is 0 Å². The molecule has 0 unspecified atom stereocenters. The van der Waals surface area contributed by atoms with Gasteiger partial charge in [-0.05, 0) is 88.5 Å². The lowest BCUT2D eigenvalue weighted by Gasteiger charge is -2.02. The molecule has 170 valence electrons. The number of thiophene rings is 1. The van der Waals surface area contributed by atoms with Crippen molar-refractivity contribution in [1.29, 1.82) is 0 Å². The van der Waals surface area contributed by atoms with Crippen LogP contribution in [0.5, 0.6) is 0 Å². The molecule has 0 fully saturated rings. The first-order valence-electron chi connectivity index (χ1n) is 12.7. The fourth-order valence-electron chi connectivity index (χ4n) is 4.94. The molecule has 0 amide bonds. The van der Waals surface area contributed by atoms with E-state index in [0.29, 0.717) is 0 Å². The van der Waals surface area contributed by atoms with Crippen LogP contribution in [-0.4, -0.2) is 0 Å². The highest BCUT2D eigenvalue weighted by molar-refractivity contribution is 7.26. The second kappa shape index (κ2) is 9.57. The zero-order valence-corrected chi connectivity index (χ0v) is 20.9. The van der Waals surface area contributed by atoms with E-state index in [1.54, 1.807) is 0 Å². The van der Waals surface area contributed by atoms with Crippen molar-refractivity contribution in [3.05, 3.63) is 108 Å². The Labute approximate surface area is 211 Å². The van der Waals surface area contributed by atoms with Gasteiger partial charge >= 0.3 is 0 Å². The van der Waals surface area contributed by atoms with Gasteiger partial charge < -0.3 is 0 Å². The summed E-state index contributed by atoms with van der Waals surface area (Å²) >= 11 is 1.88. The van der Waals surface area contributed by atoms with Gasteiger partial charge in [-0.2, -0.15) is 0 Å². The van der Waals surface area contributed by atoms with Gasteiger partial charge in [0.2, 0.25) is 0 Å². The SMILES string of the molecule is CCCCCCc1ccc(C#Cc2ccc3cc4c(cc3c2)sc2cc3ccccc3cc24)cc1. The largest absolute Gasteiger partial charge is 0.135 e. The minimum absolute atomic E-state index is 1.06. The molecule has 0 radical (unpaired) electrons. The number of hydrogen-bond donors (Lipinski definition) is 0. The first kappa shape index (κ1) is 21.9. The minimum Gasteiger partial charge on any atom is -0.135 e. The van der Waals surface area contributed by atoms with Crippen molar-refractivity contribution in [1.82, 2.24) is 0 Å². The molecular formula is C34H28S. The van der Waals surface area contributed by atoms with Gasteiger partial charge in [0.25, 0.3) is 0 Å². The predicted octanol–water partition coefficient (Wildman–Crippen LogP) is 9.88. The van der Waals surface area contributed by atoms with Gasteiger partial charge in [-0.25, -0.2) is 0 Å². The van der Waals surface area contributed by atoms with Crippen LogP contribution in [0.1, 0.15) is 49.3 Å². The Morgan fingerprint density at radius 1 is 0.571 bits per heavy atom. The molecule has 0 nitrogen and oxygen atoms in total. The lowest BCUT2D eigenvalue weighted by atomic mass is 10.0. The third kappa shape index (κ3) is 4.55. The van der Waals surface area contributed by atoms with E-state index >= 15 is 0 Å². The van der Waals surface area contributed by atoms with Crippen LogP contribution in [0.3, 0.4) is 0 Å². The summed E-state index contributed by atoms with van der Waals surface area (Å²) in [6.07, 6.45) is 6.39. The van der Waals surface area contributed by atoms with E-state index in [1.165, 1.54) is 79.4 Å². The molecule has 0 N–H and O–H groups in total. The third-order valence-electron chi connectivity index (χ3n) is 6.92. The quantitative estimate of drug-likeness (QED) is 0.174. The Morgan fingerprint density at radius 3 is 1.94 bits per heavy atom. The number of benzene rings is 5. The van der Waals surface area contributed by atoms with E-state index in [-0.39, 0.29) is 0 Å². The summed E-state index contributed by atoms with van der Waals surface area (Å²) in [5, 5.41) is 7.82. The van der Waals surface area contributed by atoms with Crippen LogP contribution >= 0.6 is 11.3 Å². The zero-order valence-electron chi connectivity index (χ0n) is 20.1. The zero-order chi connectivity index (χ0) is 23.6. The fraction of sp³-hybridized carbons (Fsp3) is 0.176. The molecule has 6 aromatic rings. The summed E-state index contributed by atoms with van der Waals surface area (Å²) in [6, 6.07) is 33.3. The number of hydrogen-bond acceptors (Lipinski definition) is 1. The molecule has 0 atom stereocenters. The summed E-state index contributed by atoms with van der Waals surface area (Å²) in [5.41, 5.74) is 3.55. The molecule has 1 heterocycles. The molecule has 35 heavy (non-hydrogen) atoms. The van der Waals surface area contributed by atoms with Gasteiger partial charge in [-0.15, -0.1) is 11.3 Å². The smallest absolute Gasteiger partial charge is 0.0361 e. The Kier molecular flexibility index (Phi) is 5.99. The molecule has 6 rings (SSSR count). The highest BCUT2D eigenvalue weighted by atomic mass is 32.1. The van der Waals surface area contributed by atoms with Crippen molar-refractivity contribution in [3.8, 4) is 11.8 Å². The van der Waals surface area contributed by atoms with Crippen LogP contribution < -0.4 is 0 Å². The van der Waals surface area contributed by atoms with Crippen molar-refractivity contribution in [3.63, 3.8) is 0 Å². The normalized spacial score (nSPS) is 11.3. The van der Waals surface area contributed by atoms with E-state index in [4.69, 9.17) is 0 Å².